The van der Waals surface area contributed by atoms with Crippen molar-refractivity contribution < 1.29 is 4.79 Å². The van der Waals surface area contributed by atoms with E-state index in [1.165, 1.54) is 0 Å². The number of H-pyrrole nitrogens is 2. The second-order valence-corrected chi connectivity index (χ2v) is 7.46. The Hall–Kier alpha value is -2.11. The smallest absolute Gasteiger partial charge is 0.274 e. The number of aromatic nitrogens is 4. The molecule has 6 heteroatoms. The van der Waals surface area contributed by atoms with Crippen molar-refractivity contribution in [2.45, 2.75) is 45.4 Å². The number of nitrogens with one attached hydrogen (secondary N) is 2. The Morgan fingerprint density at radius 3 is 2.87 bits per heavy atom. The largest absolute Gasteiger partial charge is 0.337 e. The van der Waals surface area contributed by atoms with Gasteiger partial charge in [0.2, 0.25) is 0 Å². The van der Waals surface area contributed by atoms with Crippen LogP contribution in [0.15, 0.2) is 18.3 Å². The fourth-order valence-corrected chi connectivity index (χ4v) is 3.10. The van der Waals surface area contributed by atoms with Crippen molar-refractivity contribution in [2.24, 2.45) is 5.92 Å². The molecule has 2 aromatic rings. The number of hydrogen-bond acceptors (Lipinski definition) is 3. The number of nitrogens with zero attached hydrogens (tertiary/aromatic N) is 3. The maximum absolute atomic E-state index is 12.7. The van der Waals surface area contributed by atoms with E-state index >= 15 is 0 Å². The van der Waals surface area contributed by atoms with Gasteiger partial charge in [0, 0.05) is 36.1 Å². The molecule has 3 heterocycles. The van der Waals surface area contributed by atoms with Gasteiger partial charge >= 0.3 is 0 Å². The molecule has 6 nitrogen and oxygen atoms in total. The van der Waals surface area contributed by atoms with Gasteiger partial charge in [0.15, 0.2) is 0 Å². The molecule has 0 saturated carbocycles. The number of likely N-dealkylation sites (tertiary alicyclic amines) is 1. The molecule has 0 unspecified atom stereocenters. The summed E-state index contributed by atoms with van der Waals surface area (Å²) >= 11 is 0. The van der Waals surface area contributed by atoms with Crippen LogP contribution in [0.1, 0.15) is 55.5 Å². The molecule has 2 aromatic heterocycles. The molecule has 0 spiro atoms. The predicted molar refractivity (Wildman–Crippen MR) is 88.2 cm³/mol. The first kappa shape index (κ1) is 15.8. The Bertz CT molecular complexity index is 653. The molecule has 1 aliphatic rings. The Labute approximate surface area is 136 Å². The number of hydrogen-bond donors (Lipinski definition) is 2. The highest BCUT2D eigenvalue weighted by atomic mass is 16.2. The van der Waals surface area contributed by atoms with Crippen molar-refractivity contribution in [3.63, 3.8) is 0 Å². The highest BCUT2D eigenvalue weighted by Gasteiger charge is 2.27. The molecule has 3 rings (SSSR count). The summed E-state index contributed by atoms with van der Waals surface area (Å²) in [6.45, 7) is 7.92. The molecule has 0 radical (unpaired) electrons. The van der Waals surface area contributed by atoms with Crippen LogP contribution in [0.4, 0.5) is 0 Å². The molecule has 1 aliphatic heterocycles. The summed E-state index contributed by atoms with van der Waals surface area (Å²) < 4.78 is 0. The summed E-state index contributed by atoms with van der Waals surface area (Å²) in [5.41, 5.74) is 2.62. The molecule has 124 valence electrons. The molecular formula is C17H25N5O. The third-order valence-electron chi connectivity index (χ3n) is 4.48. The average molecular weight is 315 g/mol. The molecule has 0 aromatic carbocycles. The van der Waals surface area contributed by atoms with Gasteiger partial charge in [-0.25, -0.2) is 0 Å². The van der Waals surface area contributed by atoms with Crippen molar-refractivity contribution >= 4 is 5.91 Å². The average Bonchev–Trinajstić information content (AvgIpc) is 3.17. The lowest BCUT2D eigenvalue weighted by Crippen LogP contribution is -2.40. The second-order valence-electron chi connectivity index (χ2n) is 7.46. The number of carbonyl (C=O) groups is 1. The maximum Gasteiger partial charge on any atom is 0.274 e. The lowest BCUT2D eigenvalue weighted by molar-refractivity contribution is 0.0667. The lowest BCUT2D eigenvalue weighted by Gasteiger charge is -2.32. The van der Waals surface area contributed by atoms with Gasteiger partial charge in [0.1, 0.15) is 5.69 Å². The van der Waals surface area contributed by atoms with Gasteiger partial charge in [-0.3, -0.25) is 15.0 Å². The highest BCUT2D eigenvalue weighted by molar-refractivity contribution is 5.92. The Morgan fingerprint density at radius 2 is 2.22 bits per heavy atom. The SMILES string of the molecule is CC(C)(C)c1cc(C(=O)N2CCC[C@H](Cc3ccn[nH]3)C2)n[nH]1. The highest BCUT2D eigenvalue weighted by Crippen LogP contribution is 2.23. The van der Waals surface area contributed by atoms with Crippen LogP contribution in [0, 0.1) is 5.92 Å². The minimum absolute atomic E-state index is 0.0312. The topological polar surface area (TPSA) is 77.7 Å². The van der Waals surface area contributed by atoms with E-state index < -0.39 is 0 Å². The van der Waals surface area contributed by atoms with Gasteiger partial charge in [-0.1, -0.05) is 20.8 Å². The van der Waals surface area contributed by atoms with E-state index in [2.05, 4.69) is 41.2 Å². The summed E-state index contributed by atoms with van der Waals surface area (Å²) in [6, 6.07) is 3.89. The molecule has 1 amide bonds. The summed E-state index contributed by atoms with van der Waals surface area (Å²) in [7, 11) is 0. The lowest BCUT2D eigenvalue weighted by atomic mass is 9.92. The normalized spacial score (nSPS) is 19.1. The molecular weight excluding hydrogens is 290 g/mol. The minimum atomic E-state index is -0.0312. The van der Waals surface area contributed by atoms with Crippen molar-refractivity contribution in [3.05, 3.63) is 35.4 Å². The van der Waals surface area contributed by atoms with E-state index in [1.54, 1.807) is 6.20 Å². The van der Waals surface area contributed by atoms with E-state index in [1.807, 2.05) is 17.0 Å². The summed E-state index contributed by atoms with van der Waals surface area (Å²) in [5, 5.41) is 14.2. The zero-order chi connectivity index (χ0) is 16.4. The van der Waals surface area contributed by atoms with Crippen LogP contribution < -0.4 is 0 Å². The molecule has 0 aliphatic carbocycles. The van der Waals surface area contributed by atoms with E-state index in [0.717, 1.165) is 43.7 Å². The first-order valence-corrected chi connectivity index (χ1v) is 8.27. The monoisotopic (exact) mass is 315 g/mol. The molecule has 1 fully saturated rings. The minimum Gasteiger partial charge on any atom is -0.337 e. The van der Waals surface area contributed by atoms with Gasteiger partial charge in [-0.2, -0.15) is 10.2 Å². The van der Waals surface area contributed by atoms with Gasteiger partial charge in [0.05, 0.1) is 0 Å². The predicted octanol–water partition coefficient (Wildman–Crippen LogP) is 2.53. The van der Waals surface area contributed by atoms with Gasteiger partial charge in [0.25, 0.3) is 5.91 Å². The Balaban J connectivity index is 1.66. The van der Waals surface area contributed by atoms with E-state index in [4.69, 9.17) is 0 Å². The molecule has 0 bridgehead atoms. The third-order valence-corrected chi connectivity index (χ3v) is 4.48. The van der Waals surface area contributed by atoms with E-state index in [0.29, 0.717) is 11.6 Å². The molecule has 23 heavy (non-hydrogen) atoms. The summed E-state index contributed by atoms with van der Waals surface area (Å²) in [6.07, 6.45) is 4.91. The maximum atomic E-state index is 12.7. The van der Waals surface area contributed by atoms with Gasteiger partial charge < -0.3 is 4.90 Å². The summed E-state index contributed by atoms with van der Waals surface area (Å²) in [5.74, 6) is 0.514. The first-order chi connectivity index (χ1) is 10.9. The molecule has 2 N–H and O–H groups in total. The number of aromatic amines is 2. The van der Waals surface area contributed by atoms with Crippen LogP contribution >= 0.6 is 0 Å². The van der Waals surface area contributed by atoms with Gasteiger partial charge in [-0.05, 0) is 37.3 Å². The van der Waals surface area contributed by atoms with Gasteiger partial charge in [-0.15, -0.1) is 0 Å². The van der Waals surface area contributed by atoms with Crippen LogP contribution in [0.2, 0.25) is 0 Å². The standard InChI is InChI=1S/C17H25N5O/c1-17(2,3)15-10-14(20-21-15)16(23)22-8-4-5-12(11-22)9-13-6-7-18-19-13/h6-7,10,12H,4-5,8-9,11H2,1-3H3,(H,18,19)(H,20,21)/t12-/m1/s1. The fraction of sp³-hybridized carbons (Fsp3) is 0.588. The van der Waals surface area contributed by atoms with Crippen molar-refractivity contribution in [3.8, 4) is 0 Å². The molecule has 1 atom stereocenters. The number of piperidine rings is 1. The number of amides is 1. The number of carbonyl (C=O) groups excluding carboxylic acids is 1. The van der Waals surface area contributed by atoms with Crippen molar-refractivity contribution in [2.75, 3.05) is 13.1 Å². The van der Waals surface area contributed by atoms with Crippen LogP contribution in [0.25, 0.3) is 0 Å². The van der Waals surface area contributed by atoms with Crippen molar-refractivity contribution in [1.29, 1.82) is 0 Å². The van der Waals surface area contributed by atoms with Crippen LogP contribution in [-0.2, 0) is 11.8 Å². The van der Waals surface area contributed by atoms with Crippen LogP contribution in [-0.4, -0.2) is 44.3 Å². The quantitative estimate of drug-likeness (QED) is 0.913. The fourth-order valence-electron chi connectivity index (χ4n) is 3.10. The van der Waals surface area contributed by atoms with E-state index in [9.17, 15) is 4.79 Å². The van der Waals surface area contributed by atoms with Crippen LogP contribution in [0.3, 0.4) is 0 Å². The Morgan fingerprint density at radius 1 is 1.39 bits per heavy atom. The second kappa shape index (κ2) is 6.18. The third kappa shape index (κ3) is 3.63. The molecule has 1 saturated heterocycles. The van der Waals surface area contributed by atoms with Crippen LogP contribution in [0.5, 0.6) is 0 Å². The first-order valence-electron chi connectivity index (χ1n) is 8.27. The Kier molecular flexibility index (Phi) is 4.24. The summed E-state index contributed by atoms with van der Waals surface area (Å²) in [4.78, 5) is 14.6. The number of rotatable bonds is 3. The zero-order valence-electron chi connectivity index (χ0n) is 14.1. The zero-order valence-corrected chi connectivity index (χ0v) is 14.1. The van der Waals surface area contributed by atoms with E-state index in [-0.39, 0.29) is 11.3 Å². The van der Waals surface area contributed by atoms with Crippen molar-refractivity contribution in [1.82, 2.24) is 25.3 Å².